The van der Waals surface area contributed by atoms with Crippen LogP contribution in [0.15, 0.2) is 47.6 Å². The smallest absolute Gasteiger partial charge is 0.407 e. The second-order valence-corrected chi connectivity index (χ2v) is 17.5. The molecule has 5 atom stereocenters. The van der Waals surface area contributed by atoms with Gasteiger partial charge in [0.15, 0.2) is 0 Å². The molecule has 0 bridgehead atoms. The van der Waals surface area contributed by atoms with Gasteiger partial charge < -0.3 is 40.2 Å². The Balaban J connectivity index is 0.982. The van der Waals surface area contributed by atoms with Crippen LogP contribution in [0.4, 0.5) is 9.59 Å². The first-order chi connectivity index (χ1) is 26.9. The molecular formula is C40H50N8O6S2. The van der Waals surface area contributed by atoms with Gasteiger partial charge in [0.2, 0.25) is 11.8 Å². The molecule has 14 nitrogen and oxygen atoms in total. The van der Waals surface area contributed by atoms with Crippen LogP contribution in [-0.2, 0) is 19.1 Å². The summed E-state index contributed by atoms with van der Waals surface area (Å²) in [6, 6.07) is 11.3. The topological polar surface area (TPSA) is 170 Å². The molecule has 16 heteroatoms. The molecule has 2 unspecified atom stereocenters. The van der Waals surface area contributed by atoms with E-state index >= 15 is 0 Å². The fourth-order valence-electron chi connectivity index (χ4n) is 7.84. The van der Waals surface area contributed by atoms with Crippen molar-refractivity contribution in [3.05, 3.63) is 53.3 Å². The fraction of sp³-hybridized carbons (Fsp3) is 0.500. The lowest BCUT2D eigenvalue weighted by molar-refractivity contribution is -0.135. The Morgan fingerprint density at radius 1 is 0.804 bits per heavy atom. The predicted molar refractivity (Wildman–Crippen MR) is 218 cm³/mol. The highest BCUT2D eigenvalue weighted by Gasteiger charge is 2.40. The first-order valence-electron chi connectivity index (χ1n) is 19.3. The van der Waals surface area contributed by atoms with Gasteiger partial charge >= 0.3 is 12.2 Å². The zero-order valence-corrected chi connectivity index (χ0v) is 34.2. The minimum atomic E-state index is -0.681. The van der Waals surface area contributed by atoms with Crippen molar-refractivity contribution < 1.29 is 28.7 Å². The number of methoxy groups -OCH3 is 2. The van der Waals surface area contributed by atoms with Gasteiger partial charge in [-0.3, -0.25) is 14.6 Å². The van der Waals surface area contributed by atoms with E-state index in [0.29, 0.717) is 19.6 Å². The number of ether oxygens (including phenoxy) is 2. The molecule has 1 aromatic carbocycles. The fourth-order valence-corrected chi connectivity index (χ4v) is 10.3. The number of nitrogens with zero attached hydrogens (tertiary/aromatic N) is 4. The van der Waals surface area contributed by atoms with Crippen LogP contribution < -0.4 is 16.0 Å². The van der Waals surface area contributed by atoms with Gasteiger partial charge in [-0.25, -0.2) is 14.6 Å². The molecule has 4 amide bonds. The van der Waals surface area contributed by atoms with Crippen molar-refractivity contribution in [3.8, 4) is 21.7 Å². The number of alkyl carbamates (subject to hydrolysis) is 2. The number of likely N-dealkylation sites (tertiary alicyclic amines) is 2. The zero-order valence-electron chi connectivity index (χ0n) is 32.6. The zero-order chi connectivity index (χ0) is 39.7. The summed E-state index contributed by atoms with van der Waals surface area (Å²) in [5.41, 5.74) is 3.01. The number of imidazole rings is 1. The summed E-state index contributed by atoms with van der Waals surface area (Å²) in [7, 11) is 2.59. The molecule has 0 radical (unpaired) electrons. The maximum atomic E-state index is 13.6. The largest absolute Gasteiger partial charge is 0.453 e. The van der Waals surface area contributed by atoms with E-state index in [-0.39, 0.29) is 41.8 Å². The second-order valence-electron chi connectivity index (χ2n) is 15.3. The molecule has 3 aliphatic rings. The van der Waals surface area contributed by atoms with Crippen LogP contribution in [0.5, 0.6) is 0 Å². The predicted octanol–water partition coefficient (Wildman–Crippen LogP) is 6.48. The van der Waals surface area contributed by atoms with Crippen molar-refractivity contribution in [1.82, 2.24) is 35.7 Å². The average molecular weight is 803 g/mol. The number of H-pyrrole nitrogens is 1. The number of aromatic amines is 1. The summed E-state index contributed by atoms with van der Waals surface area (Å²) in [5, 5.41) is 9.05. The van der Waals surface area contributed by atoms with E-state index in [4.69, 9.17) is 14.5 Å². The molecule has 7 rings (SSSR count). The number of rotatable bonds is 11. The molecule has 2 saturated heterocycles. The third-order valence-corrected chi connectivity index (χ3v) is 13.4. The van der Waals surface area contributed by atoms with E-state index in [1.54, 1.807) is 22.7 Å². The number of carbonyl (C=O) groups is 4. The number of aliphatic imine (C=N–C) groups is 1. The van der Waals surface area contributed by atoms with Crippen molar-refractivity contribution in [2.75, 3.05) is 33.9 Å². The Morgan fingerprint density at radius 3 is 1.96 bits per heavy atom. The first-order valence-corrected chi connectivity index (χ1v) is 20.9. The van der Waals surface area contributed by atoms with Crippen molar-refractivity contribution >= 4 is 61.9 Å². The highest BCUT2D eigenvalue weighted by Crippen LogP contribution is 2.41. The Morgan fingerprint density at radius 2 is 1.38 bits per heavy atom. The van der Waals surface area contributed by atoms with Crippen LogP contribution in [0.2, 0.25) is 0 Å². The second kappa shape index (κ2) is 16.6. The summed E-state index contributed by atoms with van der Waals surface area (Å²) in [6.07, 6.45) is 3.95. The monoisotopic (exact) mass is 802 g/mol. The molecule has 298 valence electrons. The van der Waals surface area contributed by atoms with Crippen LogP contribution in [0.3, 0.4) is 0 Å². The maximum Gasteiger partial charge on any atom is 0.407 e. The van der Waals surface area contributed by atoms with E-state index < -0.39 is 24.3 Å². The number of nitrogens with one attached hydrogen (secondary N) is 4. The van der Waals surface area contributed by atoms with Crippen LogP contribution in [0.25, 0.3) is 31.1 Å². The lowest BCUT2D eigenvalue weighted by Crippen LogP contribution is -2.54. The van der Waals surface area contributed by atoms with Gasteiger partial charge in [-0.05, 0) is 60.8 Å². The van der Waals surface area contributed by atoms with E-state index in [0.717, 1.165) is 54.2 Å². The summed E-state index contributed by atoms with van der Waals surface area (Å²) >= 11 is 3.53. The first kappa shape index (κ1) is 39.3. The van der Waals surface area contributed by atoms with Gasteiger partial charge in [0.25, 0.3) is 0 Å². The Labute approximate surface area is 334 Å². The number of hydrogen-bond acceptors (Lipinski definition) is 11. The van der Waals surface area contributed by atoms with Crippen LogP contribution in [0.1, 0.15) is 76.2 Å². The van der Waals surface area contributed by atoms with E-state index in [1.807, 2.05) is 43.7 Å². The quantitative estimate of drug-likeness (QED) is 0.134. The number of aromatic nitrogens is 2. The Bertz CT molecular complexity index is 2070. The van der Waals surface area contributed by atoms with Crippen molar-refractivity contribution in [2.24, 2.45) is 16.8 Å². The minimum absolute atomic E-state index is 0.0471. The van der Waals surface area contributed by atoms with Crippen LogP contribution >= 0.6 is 22.7 Å². The van der Waals surface area contributed by atoms with Gasteiger partial charge in [0.1, 0.15) is 23.7 Å². The highest BCUT2D eigenvalue weighted by atomic mass is 32.1. The lowest BCUT2D eigenvalue weighted by Gasteiger charge is -2.31. The Kier molecular flexibility index (Phi) is 11.7. The van der Waals surface area contributed by atoms with Gasteiger partial charge in [-0.15, -0.1) is 22.7 Å². The molecular weight excluding hydrogens is 753 g/mol. The van der Waals surface area contributed by atoms with Crippen molar-refractivity contribution in [1.29, 1.82) is 0 Å². The number of thiophene rings is 2. The summed E-state index contributed by atoms with van der Waals surface area (Å²) in [5.74, 6) is 1.15. The van der Waals surface area contributed by atoms with Crippen molar-refractivity contribution in [2.45, 2.75) is 83.6 Å². The van der Waals surface area contributed by atoms with E-state index in [1.165, 1.54) is 33.4 Å². The average Bonchev–Trinajstić information content (AvgIpc) is 4.04. The lowest BCUT2D eigenvalue weighted by atomic mass is 10.0. The number of fused-ring (bicyclic) bond motifs is 1. The molecule has 4 N–H and O–H groups in total. The number of benzene rings is 1. The molecule has 0 aliphatic carbocycles. The van der Waals surface area contributed by atoms with Gasteiger partial charge in [-0.2, -0.15) is 0 Å². The number of carbonyl (C=O) groups excluding carboxylic acids is 4. The number of amides is 4. The number of amidine groups is 1. The maximum absolute atomic E-state index is 13.6. The molecule has 3 aromatic heterocycles. The third kappa shape index (κ3) is 7.99. The molecule has 3 aliphatic heterocycles. The van der Waals surface area contributed by atoms with Gasteiger partial charge in [0, 0.05) is 32.2 Å². The van der Waals surface area contributed by atoms with Crippen LogP contribution in [0, 0.1) is 11.8 Å². The standard InChI is InChI=1S/C40H50N8O6S2/c1-21(2)33(45-39(51)53-5)37(49)47-15-7-9-27(47)35-41-19-25(43-35)23-11-13-24(14-12-23)29-17-31-32(55-29)18-30(56-31)26-20-42-36(44-26)28-10-8-16-48(28)38(50)34(22(3)4)46-40(52)54-6/h11-14,17-19,21-22,26-28,33-34H,7-10,15-16,20H2,1-6H3,(H,41,43)(H,42,44)(H,45,51)(H,46,52)/t26?,27-,28?,33-,34-/m0/s1. The van der Waals surface area contributed by atoms with E-state index in [9.17, 15) is 19.2 Å². The summed E-state index contributed by atoms with van der Waals surface area (Å²) in [6.45, 7) is 9.48. The molecule has 6 heterocycles. The van der Waals surface area contributed by atoms with E-state index in [2.05, 4.69) is 62.3 Å². The van der Waals surface area contributed by atoms with Crippen LogP contribution in [-0.4, -0.2) is 102 Å². The summed E-state index contributed by atoms with van der Waals surface area (Å²) in [4.78, 5) is 70.1. The van der Waals surface area contributed by atoms with Crippen molar-refractivity contribution in [3.63, 3.8) is 0 Å². The van der Waals surface area contributed by atoms with Gasteiger partial charge in [-0.1, -0.05) is 52.0 Å². The minimum Gasteiger partial charge on any atom is -0.453 e. The molecule has 4 aromatic rings. The van der Waals surface area contributed by atoms with Gasteiger partial charge in [0.05, 0.1) is 50.8 Å². The third-order valence-electron chi connectivity index (χ3n) is 10.9. The Hall–Kier alpha value is -4.96. The molecule has 56 heavy (non-hydrogen) atoms. The number of hydrogen-bond donors (Lipinski definition) is 4. The molecule has 2 fully saturated rings. The molecule has 0 saturated carbocycles. The SMILES string of the molecule is COC(=O)N[C@H](C(=O)N1CCCC1C1=NCC(c2cc3sc(-c4ccc(-c5cnc([C@@H]6CCCN6C(=O)[C@@H](NC(=O)OC)C(C)C)[nH]5)cc4)cc3s2)N1)C(C)C. The molecule has 0 spiro atoms. The summed E-state index contributed by atoms with van der Waals surface area (Å²) < 4.78 is 12.0. The normalized spacial score (nSPS) is 20.6. The highest BCUT2D eigenvalue weighted by molar-refractivity contribution is 7.29.